The van der Waals surface area contributed by atoms with Gasteiger partial charge in [0, 0.05) is 12.8 Å². The predicted octanol–water partition coefficient (Wildman–Crippen LogP) is 1.86. The summed E-state index contributed by atoms with van der Waals surface area (Å²) in [6, 6.07) is 7.28. The van der Waals surface area contributed by atoms with Gasteiger partial charge in [-0.05, 0) is 17.7 Å². The first kappa shape index (κ1) is 13.7. The first-order valence-electron chi connectivity index (χ1n) is 5.71. The first-order valence-corrected chi connectivity index (χ1v) is 5.71. The van der Waals surface area contributed by atoms with Gasteiger partial charge in [0.25, 0.3) is 0 Å². The lowest BCUT2D eigenvalue weighted by Gasteiger charge is -2.08. The first-order chi connectivity index (χ1) is 9.61. The number of nitro groups is 1. The second kappa shape index (κ2) is 5.93. The molecule has 20 heavy (non-hydrogen) atoms. The Morgan fingerprint density at radius 2 is 2.25 bits per heavy atom. The van der Waals surface area contributed by atoms with Crippen LogP contribution in [0.15, 0.2) is 30.6 Å². The van der Waals surface area contributed by atoms with Gasteiger partial charge in [-0.2, -0.15) is 0 Å². The van der Waals surface area contributed by atoms with E-state index < -0.39 is 4.92 Å². The highest BCUT2D eigenvalue weighted by Gasteiger charge is 2.20. The van der Waals surface area contributed by atoms with Crippen molar-refractivity contribution in [3.63, 3.8) is 0 Å². The smallest absolute Gasteiger partial charge is 0.353 e. The predicted molar refractivity (Wildman–Crippen MR) is 73.5 cm³/mol. The van der Waals surface area contributed by atoms with E-state index >= 15 is 0 Å². The highest BCUT2D eigenvalue weighted by Crippen LogP contribution is 2.29. The summed E-state index contributed by atoms with van der Waals surface area (Å²) in [5.74, 6) is -0.127. The molecule has 0 fully saturated rings. The lowest BCUT2D eigenvalue weighted by molar-refractivity contribution is -0.383. The number of nitrogen functional groups attached to an aromatic ring is 1. The summed E-state index contributed by atoms with van der Waals surface area (Å²) in [6.07, 6.45) is 1.17. The van der Waals surface area contributed by atoms with E-state index in [0.717, 1.165) is 5.56 Å². The summed E-state index contributed by atoms with van der Waals surface area (Å²) in [5, 5.41) is 13.9. The van der Waals surface area contributed by atoms with Crippen molar-refractivity contribution in [1.29, 1.82) is 0 Å². The Hall–Kier alpha value is -2.74. The standard InChI is InChI=1S/C12H13N5O3/c1-20-6-8-3-2-4-9(5-8)16-12-10(17(18)19)11(13)14-7-15-12/h2-5,7H,6H2,1H3,(H3,13,14,15,16). The lowest BCUT2D eigenvalue weighted by Crippen LogP contribution is -2.05. The Bertz CT molecular complexity index is 632. The van der Waals surface area contributed by atoms with E-state index in [1.54, 1.807) is 13.2 Å². The highest BCUT2D eigenvalue weighted by atomic mass is 16.6. The molecule has 1 aromatic heterocycles. The molecule has 8 heteroatoms. The summed E-state index contributed by atoms with van der Waals surface area (Å²) in [4.78, 5) is 17.8. The largest absolute Gasteiger partial charge is 0.380 e. The van der Waals surface area contributed by atoms with Gasteiger partial charge in [-0.25, -0.2) is 9.97 Å². The highest BCUT2D eigenvalue weighted by molar-refractivity contribution is 5.72. The second-order valence-electron chi connectivity index (χ2n) is 3.97. The average molecular weight is 275 g/mol. The van der Waals surface area contributed by atoms with Crippen LogP contribution in [0.25, 0.3) is 0 Å². The van der Waals surface area contributed by atoms with Gasteiger partial charge in [-0.1, -0.05) is 12.1 Å². The van der Waals surface area contributed by atoms with Crippen LogP contribution in [0.3, 0.4) is 0 Å². The molecule has 0 aliphatic rings. The molecule has 1 aromatic carbocycles. The van der Waals surface area contributed by atoms with E-state index in [1.165, 1.54) is 6.33 Å². The Labute approximate surface area is 114 Å². The van der Waals surface area contributed by atoms with Crippen molar-refractivity contribution in [2.45, 2.75) is 6.61 Å². The van der Waals surface area contributed by atoms with Gasteiger partial charge in [0.05, 0.1) is 11.5 Å². The van der Waals surface area contributed by atoms with Gasteiger partial charge in [-0.3, -0.25) is 10.1 Å². The molecule has 0 atom stereocenters. The molecule has 104 valence electrons. The van der Waals surface area contributed by atoms with E-state index in [9.17, 15) is 10.1 Å². The molecule has 1 heterocycles. The fraction of sp³-hybridized carbons (Fsp3) is 0.167. The Morgan fingerprint density at radius 3 is 2.95 bits per heavy atom. The van der Waals surface area contributed by atoms with Gasteiger partial charge in [0.15, 0.2) is 0 Å². The maximum absolute atomic E-state index is 11.0. The van der Waals surface area contributed by atoms with Gasteiger partial charge in [0.1, 0.15) is 6.33 Å². The molecule has 0 radical (unpaired) electrons. The minimum Gasteiger partial charge on any atom is -0.380 e. The fourth-order valence-corrected chi connectivity index (χ4v) is 1.71. The Kier molecular flexibility index (Phi) is 4.06. The minimum absolute atomic E-state index is 0.0528. The summed E-state index contributed by atoms with van der Waals surface area (Å²) in [5.41, 5.74) is 6.74. The summed E-state index contributed by atoms with van der Waals surface area (Å²) in [6.45, 7) is 0.448. The average Bonchev–Trinajstić information content (AvgIpc) is 2.39. The van der Waals surface area contributed by atoms with Crippen LogP contribution in [0.4, 0.5) is 23.0 Å². The zero-order valence-electron chi connectivity index (χ0n) is 10.7. The Balaban J connectivity index is 2.32. The zero-order chi connectivity index (χ0) is 14.5. The van der Waals surface area contributed by atoms with Crippen molar-refractivity contribution >= 4 is 23.0 Å². The molecule has 0 aliphatic carbocycles. The van der Waals surface area contributed by atoms with Crippen LogP contribution in [0.2, 0.25) is 0 Å². The van der Waals surface area contributed by atoms with Crippen molar-refractivity contribution < 1.29 is 9.66 Å². The fourth-order valence-electron chi connectivity index (χ4n) is 1.71. The molecular formula is C12H13N5O3. The molecular weight excluding hydrogens is 262 g/mol. The summed E-state index contributed by atoms with van der Waals surface area (Å²) < 4.78 is 5.03. The molecule has 3 N–H and O–H groups in total. The SMILES string of the molecule is COCc1cccc(Nc2ncnc(N)c2[N+](=O)[O-])c1. The second-order valence-corrected chi connectivity index (χ2v) is 3.97. The van der Waals surface area contributed by atoms with E-state index in [-0.39, 0.29) is 17.3 Å². The number of ether oxygens (including phenoxy) is 1. The van der Waals surface area contributed by atoms with Crippen LogP contribution in [-0.4, -0.2) is 22.0 Å². The van der Waals surface area contributed by atoms with Gasteiger partial charge in [0.2, 0.25) is 11.6 Å². The molecule has 0 saturated carbocycles. The normalized spacial score (nSPS) is 10.2. The van der Waals surface area contributed by atoms with Crippen molar-refractivity contribution in [2.24, 2.45) is 0 Å². The molecule has 2 rings (SSSR count). The van der Waals surface area contributed by atoms with Gasteiger partial charge < -0.3 is 15.8 Å². The molecule has 0 aliphatic heterocycles. The van der Waals surface area contributed by atoms with Crippen molar-refractivity contribution in [1.82, 2.24) is 9.97 Å². The van der Waals surface area contributed by atoms with Crippen molar-refractivity contribution in [3.8, 4) is 0 Å². The number of rotatable bonds is 5. The number of nitrogens with one attached hydrogen (secondary N) is 1. The molecule has 8 nitrogen and oxygen atoms in total. The van der Waals surface area contributed by atoms with Crippen molar-refractivity contribution in [2.75, 3.05) is 18.2 Å². The third-order valence-electron chi connectivity index (χ3n) is 2.53. The van der Waals surface area contributed by atoms with Crippen LogP contribution in [0.1, 0.15) is 5.56 Å². The summed E-state index contributed by atoms with van der Waals surface area (Å²) >= 11 is 0. The molecule has 0 amide bonds. The van der Waals surface area contributed by atoms with E-state index in [4.69, 9.17) is 10.5 Å². The van der Waals surface area contributed by atoms with E-state index in [1.807, 2.05) is 18.2 Å². The lowest BCUT2D eigenvalue weighted by atomic mass is 10.2. The number of hydrogen-bond acceptors (Lipinski definition) is 7. The third-order valence-corrected chi connectivity index (χ3v) is 2.53. The zero-order valence-corrected chi connectivity index (χ0v) is 10.7. The van der Waals surface area contributed by atoms with Gasteiger partial charge >= 0.3 is 5.69 Å². The molecule has 0 spiro atoms. The number of methoxy groups -OCH3 is 1. The number of anilines is 3. The number of benzene rings is 1. The van der Waals surface area contributed by atoms with Crippen LogP contribution in [-0.2, 0) is 11.3 Å². The summed E-state index contributed by atoms with van der Waals surface area (Å²) in [7, 11) is 1.59. The Morgan fingerprint density at radius 1 is 1.45 bits per heavy atom. The maximum atomic E-state index is 11.0. The van der Waals surface area contributed by atoms with E-state index in [2.05, 4.69) is 15.3 Å². The number of hydrogen-bond donors (Lipinski definition) is 2. The monoisotopic (exact) mass is 275 g/mol. The quantitative estimate of drug-likeness (QED) is 0.631. The van der Waals surface area contributed by atoms with Crippen LogP contribution >= 0.6 is 0 Å². The van der Waals surface area contributed by atoms with Crippen LogP contribution in [0, 0.1) is 10.1 Å². The number of nitrogens with zero attached hydrogens (tertiary/aromatic N) is 3. The van der Waals surface area contributed by atoms with E-state index in [0.29, 0.717) is 12.3 Å². The molecule has 0 saturated heterocycles. The number of aromatic nitrogens is 2. The van der Waals surface area contributed by atoms with Crippen LogP contribution in [0.5, 0.6) is 0 Å². The molecule has 0 unspecified atom stereocenters. The minimum atomic E-state index is -0.614. The molecule has 2 aromatic rings. The topological polar surface area (TPSA) is 116 Å². The van der Waals surface area contributed by atoms with Gasteiger partial charge in [-0.15, -0.1) is 0 Å². The third kappa shape index (κ3) is 2.98. The van der Waals surface area contributed by atoms with Crippen LogP contribution < -0.4 is 11.1 Å². The maximum Gasteiger partial charge on any atom is 0.353 e. The number of nitrogens with two attached hydrogens (primary N) is 1. The van der Waals surface area contributed by atoms with Crippen molar-refractivity contribution in [3.05, 3.63) is 46.3 Å². The molecule has 0 bridgehead atoms.